The van der Waals surface area contributed by atoms with E-state index in [2.05, 4.69) is 22.1 Å². The van der Waals surface area contributed by atoms with Gasteiger partial charge in [-0.3, -0.25) is 9.36 Å². The van der Waals surface area contributed by atoms with E-state index in [9.17, 15) is 4.79 Å². The van der Waals surface area contributed by atoms with Gasteiger partial charge in [-0.1, -0.05) is 59.8 Å². The zero-order valence-corrected chi connectivity index (χ0v) is 17.8. The summed E-state index contributed by atoms with van der Waals surface area (Å²) in [5, 5.41) is 12.7. The number of nitrogens with one attached hydrogen (secondary N) is 1. The Balaban J connectivity index is 1.73. The molecule has 2 aromatic carbocycles. The average molecular weight is 429 g/mol. The zero-order valence-electron chi connectivity index (χ0n) is 16.2. The number of carbonyl (C=O) groups excluding carboxylic acids is 1. The van der Waals surface area contributed by atoms with E-state index in [1.165, 1.54) is 18.9 Å². The first-order valence-electron chi connectivity index (χ1n) is 8.89. The predicted molar refractivity (Wildman–Crippen MR) is 118 cm³/mol. The summed E-state index contributed by atoms with van der Waals surface area (Å²) < 4.78 is 7.24. The summed E-state index contributed by atoms with van der Waals surface area (Å²) in [6.07, 6.45) is 1.78. The van der Waals surface area contributed by atoms with Gasteiger partial charge in [0.15, 0.2) is 11.0 Å². The van der Waals surface area contributed by atoms with Crippen molar-refractivity contribution in [1.82, 2.24) is 14.8 Å². The molecule has 1 heterocycles. The molecule has 1 aromatic heterocycles. The molecule has 0 saturated heterocycles. The van der Waals surface area contributed by atoms with E-state index in [1.807, 2.05) is 41.8 Å². The first-order chi connectivity index (χ1) is 14.0. The van der Waals surface area contributed by atoms with Gasteiger partial charge in [-0.15, -0.1) is 16.8 Å². The highest BCUT2D eigenvalue weighted by Gasteiger charge is 2.16. The lowest BCUT2D eigenvalue weighted by atomic mass is 10.2. The number of anilines is 1. The summed E-state index contributed by atoms with van der Waals surface area (Å²) in [5.74, 6) is 1.25. The van der Waals surface area contributed by atoms with E-state index in [0.29, 0.717) is 28.2 Å². The van der Waals surface area contributed by atoms with Gasteiger partial charge in [0.1, 0.15) is 5.75 Å². The Hall–Kier alpha value is -2.77. The van der Waals surface area contributed by atoms with Crippen molar-refractivity contribution in [1.29, 1.82) is 0 Å². The molecule has 6 nitrogen and oxygen atoms in total. The van der Waals surface area contributed by atoms with Crippen LogP contribution in [0.25, 0.3) is 11.4 Å². The highest BCUT2D eigenvalue weighted by Crippen LogP contribution is 2.31. The van der Waals surface area contributed by atoms with E-state index < -0.39 is 0 Å². The molecule has 8 heteroatoms. The average Bonchev–Trinajstić information content (AvgIpc) is 3.12. The van der Waals surface area contributed by atoms with E-state index in [-0.39, 0.29) is 11.7 Å². The van der Waals surface area contributed by atoms with Gasteiger partial charge in [0.05, 0.1) is 18.6 Å². The van der Waals surface area contributed by atoms with Gasteiger partial charge in [-0.2, -0.15) is 0 Å². The molecular formula is C21H21ClN4O2S. The first kappa shape index (κ1) is 21.0. The van der Waals surface area contributed by atoms with Crippen LogP contribution in [0.2, 0.25) is 5.02 Å². The van der Waals surface area contributed by atoms with Crippen LogP contribution < -0.4 is 10.1 Å². The second-order valence-corrected chi connectivity index (χ2v) is 7.56. The zero-order chi connectivity index (χ0) is 20.8. The molecule has 0 spiro atoms. The fourth-order valence-electron chi connectivity index (χ4n) is 2.74. The van der Waals surface area contributed by atoms with Crippen LogP contribution in [0.4, 0.5) is 5.69 Å². The highest BCUT2D eigenvalue weighted by molar-refractivity contribution is 7.99. The molecule has 0 aliphatic heterocycles. The number of methoxy groups -OCH3 is 1. The number of thioether (sulfide) groups is 1. The fourth-order valence-corrected chi connectivity index (χ4v) is 3.64. The quantitative estimate of drug-likeness (QED) is 0.411. The lowest BCUT2D eigenvalue weighted by molar-refractivity contribution is -0.113. The molecule has 29 heavy (non-hydrogen) atoms. The number of rotatable bonds is 8. The standard InChI is InChI=1S/C21H21ClN4O2S/c1-4-10-26-20(15-8-6-5-7-9-15)24-25-21(26)29-13-19(27)23-17-11-14(2)16(22)12-18(17)28-3/h4-9,11-12H,1,10,13H2,2-3H3,(H,23,27). The SMILES string of the molecule is C=CCn1c(SCC(=O)Nc2cc(C)c(Cl)cc2OC)nnc1-c1ccccc1. The Morgan fingerprint density at radius 2 is 2.07 bits per heavy atom. The second kappa shape index (κ2) is 9.62. The van der Waals surface area contributed by atoms with Gasteiger partial charge in [0.2, 0.25) is 5.91 Å². The molecule has 3 rings (SSSR count). The van der Waals surface area contributed by atoms with Crippen molar-refractivity contribution in [2.75, 3.05) is 18.2 Å². The van der Waals surface area contributed by atoms with Crippen molar-refractivity contribution in [3.8, 4) is 17.1 Å². The van der Waals surface area contributed by atoms with Gasteiger partial charge in [-0.25, -0.2) is 0 Å². The van der Waals surface area contributed by atoms with Crippen molar-refractivity contribution in [2.45, 2.75) is 18.6 Å². The van der Waals surface area contributed by atoms with Crippen molar-refractivity contribution >= 4 is 35.0 Å². The third kappa shape index (κ3) is 4.99. The van der Waals surface area contributed by atoms with Crippen molar-refractivity contribution in [3.05, 3.63) is 65.7 Å². The number of ether oxygens (including phenoxy) is 1. The summed E-state index contributed by atoms with van der Waals surface area (Å²) in [4.78, 5) is 12.5. The van der Waals surface area contributed by atoms with E-state index >= 15 is 0 Å². The molecule has 0 unspecified atom stereocenters. The van der Waals surface area contributed by atoms with Crippen LogP contribution in [0.1, 0.15) is 5.56 Å². The maximum atomic E-state index is 12.5. The Kier molecular flexibility index (Phi) is 6.95. The molecule has 0 atom stereocenters. The van der Waals surface area contributed by atoms with E-state index in [4.69, 9.17) is 16.3 Å². The molecule has 1 amide bonds. The third-order valence-electron chi connectivity index (χ3n) is 4.15. The van der Waals surface area contributed by atoms with Crippen molar-refractivity contribution in [3.63, 3.8) is 0 Å². The number of hydrogen-bond acceptors (Lipinski definition) is 5. The van der Waals surface area contributed by atoms with Crippen LogP contribution in [0.15, 0.2) is 60.3 Å². The van der Waals surface area contributed by atoms with Crippen LogP contribution >= 0.6 is 23.4 Å². The minimum absolute atomic E-state index is 0.175. The molecule has 150 valence electrons. The largest absolute Gasteiger partial charge is 0.495 e. The van der Waals surface area contributed by atoms with Crippen LogP contribution in [0, 0.1) is 6.92 Å². The summed E-state index contributed by atoms with van der Waals surface area (Å²) in [5.41, 5.74) is 2.39. The molecule has 1 N–H and O–H groups in total. The normalized spacial score (nSPS) is 10.6. The summed E-state index contributed by atoms with van der Waals surface area (Å²) in [6, 6.07) is 13.3. The van der Waals surface area contributed by atoms with Crippen LogP contribution in [-0.2, 0) is 11.3 Å². The van der Waals surface area contributed by atoms with Gasteiger partial charge in [0, 0.05) is 23.2 Å². The Morgan fingerprint density at radius 3 is 2.76 bits per heavy atom. The molecule has 0 fully saturated rings. The minimum atomic E-state index is -0.176. The van der Waals surface area contributed by atoms with Gasteiger partial charge < -0.3 is 10.1 Å². The van der Waals surface area contributed by atoms with Gasteiger partial charge in [0.25, 0.3) is 0 Å². The lowest BCUT2D eigenvalue weighted by Crippen LogP contribution is -2.15. The Labute approximate surface area is 178 Å². The summed E-state index contributed by atoms with van der Waals surface area (Å²) in [7, 11) is 1.54. The first-order valence-corrected chi connectivity index (χ1v) is 10.3. The highest BCUT2D eigenvalue weighted by atomic mass is 35.5. The topological polar surface area (TPSA) is 69.0 Å². The number of aromatic nitrogens is 3. The molecular weight excluding hydrogens is 408 g/mol. The van der Waals surface area contributed by atoms with Crippen molar-refractivity contribution in [2.24, 2.45) is 0 Å². The Morgan fingerprint density at radius 1 is 1.31 bits per heavy atom. The van der Waals surface area contributed by atoms with E-state index in [1.54, 1.807) is 18.2 Å². The van der Waals surface area contributed by atoms with Gasteiger partial charge >= 0.3 is 0 Å². The number of amides is 1. The number of benzene rings is 2. The number of halogens is 1. The monoisotopic (exact) mass is 428 g/mol. The third-order valence-corrected chi connectivity index (χ3v) is 5.52. The molecule has 0 bridgehead atoms. The second-order valence-electron chi connectivity index (χ2n) is 6.21. The smallest absolute Gasteiger partial charge is 0.234 e. The van der Waals surface area contributed by atoms with E-state index in [0.717, 1.165) is 17.0 Å². The number of nitrogens with zero attached hydrogens (tertiary/aromatic N) is 3. The summed E-state index contributed by atoms with van der Waals surface area (Å²) >= 11 is 7.43. The molecule has 3 aromatic rings. The molecule has 0 aliphatic rings. The van der Waals surface area contributed by atoms with Crippen LogP contribution in [0.3, 0.4) is 0 Å². The molecule has 0 radical (unpaired) electrons. The van der Waals surface area contributed by atoms with Crippen molar-refractivity contribution < 1.29 is 9.53 Å². The fraction of sp³-hybridized carbons (Fsp3) is 0.190. The number of hydrogen-bond donors (Lipinski definition) is 1. The molecule has 0 saturated carbocycles. The van der Waals surface area contributed by atoms with Crippen LogP contribution in [-0.4, -0.2) is 33.5 Å². The van der Waals surface area contributed by atoms with Gasteiger partial charge in [-0.05, 0) is 18.6 Å². The molecule has 0 aliphatic carbocycles. The number of aryl methyl sites for hydroxylation is 1. The maximum absolute atomic E-state index is 12.5. The van der Waals surface area contributed by atoms with Crippen LogP contribution in [0.5, 0.6) is 5.75 Å². The maximum Gasteiger partial charge on any atom is 0.234 e. The minimum Gasteiger partial charge on any atom is -0.495 e. The Bertz CT molecular complexity index is 1020. The lowest BCUT2D eigenvalue weighted by Gasteiger charge is -2.12. The summed E-state index contributed by atoms with van der Waals surface area (Å²) in [6.45, 7) is 6.22. The predicted octanol–water partition coefficient (Wildman–Crippen LogP) is 4.83. The number of allylic oxidation sites excluding steroid dienone is 1. The number of carbonyl (C=O) groups is 1.